The molecule has 0 aliphatic heterocycles. The van der Waals surface area contributed by atoms with Crippen molar-refractivity contribution in [2.24, 2.45) is 0 Å². The number of Topliss-reactive ketones (excluding diaryl/α,β-unsaturated/α-hetero) is 2. The molecule has 0 fully saturated rings. The molecule has 0 spiro atoms. The smallest absolute Gasteiger partial charge is 0.150 e. The molecule has 0 bridgehead atoms. The minimum Gasteiger partial charge on any atom is -0.298 e. The number of benzene rings is 1. The number of nitrogens with zero attached hydrogens (tertiary/aromatic N) is 2. The molecule has 0 aliphatic carbocycles. The van der Waals surface area contributed by atoms with Crippen LogP contribution in [0.3, 0.4) is 0 Å². The van der Waals surface area contributed by atoms with Gasteiger partial charge in [-0.25, -0.2) is 9.97 Å². The molecule has 0 N–H and O–H groups in total. The fourth-order valence-electron chi connectivity index (χ4n) is 2.33. The quantitative estimate of drug-likeness (QED) is 0.398. The average Bonchev–Trinajstić information content (AvgIpc) is 2.97. The zero-order valence-electron chi connectivity index (χ0n) is 12.6. The van der Waals surface area contributed by atoms with Crippen molar-refractivity contribution in [1.29, 1.82) is 0 Å². The topological polar surface area (TPSA) is 59.9 Å². The lowest BCUT2D eigenvalue weighted by Gasteiger charge is -2.10. The van der Waals surface area contributed by atoms with E-state index in [-0.39, 0.29) is 11.6 Å². The van der Waals surface area contributed by atoms with Gasteiger partial charge in [0.15, 0.2) is 11.6 Å². The van der Waals surface area contributed by atoms with Gasteiger partial charge in [-0.1, -0.05) is 42.1 Å². The lowest BCUT2D eigenvalue weighted by Crippen LogP contribution is -2.22. The number of hydrogen-bond acceptors (Lipinski definition) is 6. The molecule has 0 unspecified atom stereocenters. The number of carbonyl (C=O) groups is 2. The molecule has 0 aliphatic rings. The van der Waals surface area contributed by atoms with Crippen LogP contribution in [0.25, 0.3) is 21.3 Å². The molecule has 0 radical (unpaired) electrons. The van der Waals surface area contributed by atoms with E-state index in [1.807, 2.05) is 35.7 Å². The number of fused-ring (bicyclic) bond motifs is 1. The molecular weight excluding hydrogens is 328 g/mol. The standard InChI is InChI=1S/C17H14N2O2S2/c1-10(20)15(11(2)21)23-17-14-13(12-6-4-3-5-7-12)8-22-16(14)18-9-19-17/h3-9,15H,1-2H3. The van der Waals surface area contributed by atoms with Crippen LogP contribution >= 0.6 is 23.1 Å². The normalized spacial score (nSPS) is 11.1. The number of thiophene rings is 1. The minimum atomic E-state index is -0.725. The molecule has 0 saturated heterocycles. The number of thioether (sulfide) groups is 1. The summed E-state index contributed by atoms with van der Waals surface area (Å²) in [5.41, 5.74) is 2.09. The van der Waals surface area contributed by atoms with E-state index >= 15 is 0 Å². The molecule has 4 nitrogen and oxygen atoms in total. The monoisotopic (exact) mass is 342 g/mol. The van der Waals surface area contributed by atoms with Gasteiger partial charge in [0.1, 0.15) is 21.4 Å². The van der Waals surface area contributed by atoms with Gasteiger partial charge in [-0.15, -0.1) is 11.3 Å². The van der Waals surface area contributed by atoms with Crippen LogP contribution < -0.4 is 0 Å². The van der Waals surface area contributed by atoms with Crippen LogP contribution in [0.5, 0.6) is 0 Å². The highest BCUT2D eigenvalue weighted by Crippen LogP contribution is 2.39. The van der Waals surface area contributed by atoms with Gasteiger partial charge in [0.25, 0.3) is 0 Å². The average molecular weight is 342 g/mol. The summed E-state index contributed by atoms with van der Waals surface area (Å²) in [6.07, 6.45) is 1.48. The Morgan fingerprint density at radius 2 is 1.78 bits per heavy atom. The van der Waals surface area contributed by atoms with Crippen molar-refractivity contribution < 1.29 is 9.59 Å². The van der Waals surface area contributed by atoms with Crippen LogP contribution in [0, 0.1) is 0 Å². The lowest BCUT2D eigenvalue weighted by molar-refractivity contribution is -0.123. The summed E-state index contributed by atoms with van der Waals surface area (Å²) in [4.78, 5) is 33.0. The lowest BCUT2D eigenvalue weighted by atomic mass is 10.1. The third kappa shape index (κ3) is 3.18. The molecule has 6 heteroatoms. The summed E-state index contributed by atoms with van der Waals surface area (Å²) >= 11 is 2.74. The van der Waals surface area contributed by atoms with E-state index in [1.165, 1.54) is 43.3 Å². The van der Waals surface area contributed by atoms with Gasteiger partial charge in [-0.2, -0.15) is 0 Å². The molecule has 116 valence electrons. The molecule has 0 amide bonds. The SMILES string of the molecule is CC(=O)C(Sc1ncnc2scc(-c3ccccc3)c12)C(C)=O. The van der Waals surface area contributed by atoms with Gasteiger partial charge >= 0.3 is 0 Å². The molecule has 3 rings (SSSR count). The first kappa shape index (κ1) is 15.8. The molecule has 2 heterocycles. The molecule has 1 aromatic carbocycles. The Balaban J connectivity index is 2.13. The van der Waals surface area contributed by atoms with Crippen molar-refractivity contribution in [2.75, 3.05) is 0 Å². The molecule has 0 saturated carbocycles. The van der Waals surface area contributed by atoms with Gasteiger partial charge < -0.3 is 0 Å². The summed E-state index contributed by atoms with van der Waals surface area (Å²) in [6.45, 7) is 2.87. The van der Waals surface area contributed by atoms with Crippen LogP contribution in [0.1, 0.15) is 13.8 Å². The predicted octanol–water partition coefficient (Wildman–Crippen LogP) is 4.00. The molecule has 0 atom stereocenters. The van der Waals surface area contributed by atoms with E-state index in [9.17, 15) is 9.59 Å². The van der Waals surface area contributed by atoms with Gasteiger partial charge in [0, 0.05) is 10.9 Å². The number of hydrogen-bond donors (Lipinski definition) is 0. The molecular formula is C17H14N2O2S2. The molecule has 23 heavy (non-hydrogen) atoms. The van der Waals surface area contributed by atoms with Gasteiger partial charge in [0.05, 0.1) is 5.39 Å². The van der Waals surface area contributed by atoms with Gasteiger partial charge in [0.2, 0.25) is 0 Å². The van der Waals surface area contributed by atoms with Crippen LogP contribution in [0.4, 0.5) is 0 Å². The Kier molecular flexibility index (Phi) is 4.54. The maximum atomic E-state index is 11.7. The van der Waals surface area contributed by atoms with Crippen molar-refractivity contribution >= 4 is 44.9 Å². The number of rotatable bonds is 5. The maximum Gasteiger partial charge on any atom is 0.150 e. The summed E-state index contributed by atoms with van der Waals surface area (Å²) in [5, 5.41) is 2.89. The van der Waals surface area contributed by atoms with Gasteiger partial charge in [-0.05, 0) is 19.4 Å². The second kappa shape index (κ2) is 6.60. The van der Waals surface area contributed by atoms with Crippen LogP contribution in [0.15, 0.2) is 47.1 Å². The van der Waals surface area contributed by atoms with E-state index < -0.39 is 5.25 Å². The Morgan fingerprint density at radius 3 is 2.43 bits per heavy atom. The maximum absolute atomic E-state index is 11.7. The number of ketones is 2. The first-order valence-electron chi connectivity index (χ1n) is 7.03. The van der Waals surface area contributed by atoms with Gasteiger partial charge in [-0.3, -0.25) is 9.59 Å². The third-order valence-corrected chi connectivity index (χ3v) is 5.71. The summed E-state index contributed by atoms with van der Waals surface area (Å²) in [6, 6.07) is 9.96. The highest BCUT2D eigenvalue weighted by molar-refractivity contribution is 8.01. The van der Waals surface area contributed by atoms with Crippen LogP contribution in [-0.2, 0) is 9.59 Å². The summed E-state index contributed by atoms with van der Waals surface area (Å²) in [7, 11) is 0. The van der Waals surface area contributed by atoms with E-state index in [2.05, 4.69) is 9.97 Å². The highest BCUT2D eigenvalue weighted by atomic mass is 32.2. The fourth-order valence-corrected chi connectivity index (χ4v) is 4.30. The van der Waals surface area contributed by atoms with E-state index in [1.54, 1.807) is 0 Å². The van der Waals surface area contributed by atoms with Crippen molar-refractivity contribution in [3.05, 3.63) is 42.0 Å². The Labute approximate surface area is 142 Å². The van der Waals surface area contributed by atoms with Crippen molar-refractivity contribution in [2.45, 2.75) is 24.1 Å². The summed E-state index contributed by atoms with van der Waals surface area (Å²) in [5.74, 6) is -0.323. The Morgan fingerprint density at radius 1 is 1.09 bits per heavy atom. The Hall–Kier alpha value is -2.05. The first-order chi connectivity index (χ1) is 11.1. The third-order valence-electron chi connectivity index (χ3n) is 3.39. The highest BCUT2D eigenvalue weighted by Gasteiger charge is 2.24. The second-order valence-corrected chi connectivity index (χ2v) is 7.05. The van der Waals surface area contributed by atoms with Crippen LogP contribution in [0.2, 0.25) is 0 Å². The zero-order chi connectivity index (χ0) is 16.4. The van der Waals surface area contributed by atoms with Crippen molar-refractivity contribution in [3.8, 4) is 11.1 Å². The fraction of sp³-hybridized carbons (Fsp3) is 0.176. The predicted molar refractivity (Wildman–Crippen MR) is 93.9 cm³/mol. The van der Waals surface area contributed by atoms with E-state index in [4.69, 9.17) is 0 Å². The largest absolute Gasteiger partial charge is 0.298 e. The van der Waals surface area contributed by atoms with Crippen molar-refractivity contribution in [3.63, 3.8) is 0 Å². The van der Waals surface area contributed by atoms with E-state index in [0.29, 0.717) is 5.03 Å². The van der Waals surface area contributed by atoms with E-state index in [0.717, 1.165) is 21.3 Å². The summed E-state index contributed by atoms with van der Waals surface area (Å²) < 4.78 is 0. The number of aromatic nitrogens is 2. The first-order valence-corrected chi connectivity index (χ1v) is 8.79. The number of carbonyl (C=O) groups excluding carboxylic acids is 2. The minimum absolute atomic E-state index is 0.161. The van der Waals surface area contributed by atoms with Crippen LogP contribution in [-0.4, -0.2) is 26.8 Å². The molecule has 2 aromatic heterocycles. The Bertz CT molecular complexity index is 861. The van der Waals surface area contributed by atoms with Crippen molar-refractivity contribution in [1.82, 2.24) is 9.97 Å². The second-order valence-electron chi connectivity index (χ2n) is 5.09. The zero-order valence-corrected chi connectivity index (χ0v) is 14.3. The molecule has 3 aromatic rings.